The number of hydrogen-bond donors (Lipinski definition) is 2. The zero-order valence-electron chi connectivity index (χ0n) is 24.2. The van der Waals surface area contributed by atoms with Gasteiger partial charge >= 0.3 is 0 Å². The number of aromatic nitrogens is 6. The number of benzene rings is 1. The van der Waals surface area contributed by atoms with Crippen LogP contribution < -0.4 is 21.1 Å². The molecule has 6 heterocycles. The maximum absolute atomic E-state index is 15.2. The second kappa shape index (κ2) is 12.3. The number of pyridine rings is 1. The van der Waals surface area contributed by atoms with Gasteiger partial charge in [0.1, 0.15) is 11.5 Å². The third-order valence-corrected chi connectivity index (χ3v) is 8.98. The summed E-state index contributed by atoms with van der Waals surface area (Å²) in [5, 5.41) is 9.76. The van der Waals surface area contributed by atoms with Gasteiger partial charge in [0, 0.05) is 92.2 Å². The quantitative estimate of drug-likeness (QED) is 0.272. The van der Waals surface area contributed by atoms with Crippen LogP contribution in [-0.4, -0.2) is 68.4 Å². The lowest BCUT2D eigenvalue weighted by Crippen LogP contribution is -2.50. The van der Waals surface area contributed by atoms with E-state index in [2.05, 4.69) is 42.4 Å². The molecule has 2 N–H and O–H groups in total. The molecule has 44 heavy (non-hydrogen) atoms. The molecular formula is C31H32FN9O2S. The van der Waals surface area contributed by atoms with Crippen molar-refractivity contribution < 1.29 is 9.13 Å². The van der Waals surface area contributed by atoms with Crippen LogP contribution in [0.1, 0.15) is 19.8 Å². The highest BCUT2D eigenvalue weighted by atomic mass is 32.1. The first-order valence-corrected chi connectivity index (χ1v) is 15.7. The first-order valence-electron chi connectivity index (χ1n) is 14.8. The van der Waals surface area contributed by atoms with Crippen LogP contribution in [0, 0.1) is 11.7 Å². The third kappa shape index (κ3) is 5.77. The Kier molecular flexibility index (Phi) is 7.98. The highest BCUT2D eigenvalue weighted by Crippen LogP contribution is 2.28. The Morgan fingerprint density at radius 1 is 1.11 bits per heavy atom. The van der Waals surface area contributed by atoms with Crippen molar-refractivity contribution in [2.45, 2.75) is 32.4 Å². The monoisotopic (exact) mass is 613 g/mol. The number of nitrogens with zero attached hydrogens (tertiary/aromatic N) is 7. The van der Waals surface area contributed by atoms with Gasteiger partial charge in [-0.05, 0) is 49.9 Å². The second-order valence-corrected chi connectivity index (χ2v) is 12.1. The van der Waals surface area contributed by atoms with Crippen molar-refractivity contribution >= 4 is 39.7 Å². The van der Waals surface area contributed by atoms with Gasteiger partial charge in [-0.25, -0.2) is 24.3 Å². The van der Waals surface area contributed by atoms with Crippen LogP contribution in [0.5, 0.6) is 0 Å². The van der Waals surface area contributed by atoms with Crippen LogP contribution in [0.2, 0.25) is 0 Å². The van der Waals surface area contributed by atoms with Gasteiger partial charge in [0.05, 0.1) is 11.3 Å². The number of anilines is 3. The summed E-state index contributed by atoms with van der Waals surface area (Å²) < 4.78 is 22.5. The molecule has 2 saturated heterocycles. The number of piperazine rings is 1. The molecule has 1 aromatic carbocycles. The Balaban J connectivity index is 1.23. The topological polar surface area (TPSA) is 123 Å². The van der Waals surface area contributed by atoms with Gasteiger partial charge < -0.3 is 20.3 Å². The summed E-state index contributed by atoms with van der Waals surface area (Å²) in [6.07, 6.45) is 8.42. The molecule has 0 bridgehead atoms. The summed E-state index contributed by atoms with van der Waals surface area (Å²) in [7, 11) is 0. The maximum atomic E-state index is 15.2. The van der Waals surface area contributed by atoms with Gasteiger partial charge in [-0.15, -0.1) is 11.3 Å². The molecule has 2 aliphatic heterocycles. The predicted molar refractivity (Wildman–Crippen MR) is 169 cm³/mol. The molecule has 2 aliphatic rings. The van der Waals surface area contributed by atoms with Crippen molar-refractivity contribution in [2.75, 3.05) is 43.1 Å². The third-order valence-electron chi connectivity index (χ3n) is 8.21. The maximum Gasteiger partial charge on any atom is 0.260 e. The van der Waals surface area contributed by atoms with E-state index in [-0.39, 0.29) is 29.3 Å². The van der Waals surface area contributed by atoms with Crippen LogP contribution >= 0.6 is 11.3 Å². The van der Waals surface area contributed by atoms with Gasteiger partial charge in [-0.1, -0.05) is 0 Å². The van der Waals surface area contributed by atoms with E-state index in [0.29, 0.717) is 64.1 Å². The standard InChI is InChI=1S/C31H32FN9O2S/c1-19-14-33-6-8-40(19)26-3-2-23(13-25(26)32)38-31-37-15-21-12-24(22-16-35-27(36-17-22)29-34-7-11-44-29)30(42)41(28(21)39-31)18-20-4-9-43-10-5-20/h2-3,7,11-13,15-17,19-20,33H,4-6,8-10,14,18H2,1H3,(H,37,38,39). The molecular weight excluding hydrogens is 581 g/mol. The zero-order valence-corrected chi connectivity index (χ0v) is 25.1. The molecule has 0 aliphatic carbocycles. The van der Waals surface area contributed by atoms with Gasteiger partial charge in [0.2, 0.25) is 5.95 Å². The molecule has 0 amide bonds. The summed E-state index contributed by atoms with van der Waals surface area (Å²) >= 11 is 1.45. The van der Waals surface area contributed by atoms with Crippen LogP contribution in [0.25, 0.3) is 33.0 Å². The molecule has 0 radical (unpaired) electrons. The van der Waals surface area contributed by atoms with Crippen molar-refractivity contribution in [3.8, 4) is 22.0 Å². The highest BCUT2D eigenvalue weighted by Gasteiger charge is 2.22. The Bertz CT molecular complexity index is 1830. The minimum Gasteiger partial charge on any atom is -0.381 e. The van der Waals surface area contributed by atoms with Crippen LogP contribution in [0.4, 0.5) is 21.7 Å². The predicted octanol–water partition coefficient (Wildman–Crippen LogP) is 4.48. The molecule has 1 unspecified atom stereocenters. The minimum absolute atomic E-state index is 0.181. The van der Waals surface area contributed by atoms with Gasteiger partial charge in [0.25, 0.3) is 5.56 Å². The number of nitrogens with one attached hydrogen (secondary N) is 2. The molecule has 5 aromatic rings. The van der Waals surface area contributed by atoms with E-state index in [1.54, 1.807) is 41.5 Å². The fourth-order valence-electron chi connectivity index (χ4n) is 5.84. The van der Waals surface area contributed by atoms with E-state index in [1.165, 1.54) is 17.4 Å². The summed E-state index contributed by atoms with van der Waals surface area (Å²) in [5.41, 5.74) is 2.51. The second-order valence-electron chi connectivity index (χ2n) is 11.2. The highest BCUT2D eigenvalue weighted by molar-refractivity contribution is 7.13. The smallest absolute Gasteiger partial charge is 0.260 e. The van der Waals surface area contributed by atoms with E-state index in [0.717, 1.165) is 32.5 Å². The lowest BCUT2D eigenvalue weighted by atomic mass is 10.00. The van der Waals surface area contributed by atoms with E-state index in [9.17, 15) is 4.79 Å². The SMILES string of the molecule is CC1CNCCN1c1ccc(Nc2ncc3cc(-c4cnc(-c5nccs5)nc4)c(=O)n(CC4CCOCC4)c3n2)cc1F. The largest absolute Gasteiger partial charge is 0.381 e. The van der Waals surface area contributed by atoms with Crippen molar-refractivity contribution in [2.24, 2.45) is 5.92 Å². The average Bonchev–Trinajstić information content (AvgIpc) is 3.59. The number of rotatable bonds is 7. The molecule has 226 valence electrons. The first kappa shape index (κ1) is 28.4. The Labute approximate surface area is 257 Å². The molecule has 4 aromatic heterocycles. The van der Waals surface area contributed by atoms with Crippen molar-refractivity contribution in [3.05, 3.63) is 70.6 Å². The van der Waals surface area contributed by atoms with Gasteiger partial charge in [-0.3, -0.25) is 9.36 Å². The van der Waals surface area contributed by atoms with E-state index >= 15 is 4.39 Å². The number of hydrogen-bond acceptors (Lipinski definition) is 11. The molecule has 0 saturated carbocycles. The van der Waals surface area contributed by atoms with Crippen molar-refractivity contribution in [3.63, 3.8) is 0 Å². The molecule has 11 nitrogen and oxygen atoms in total. The fourth-order valence-corrected chi connectivity index (χ4v) is 6.42. The summed E-state index contributed by atoms with van der Waals surface area (Å²) in [4.78, 5) is 38.6. The number of ether oxygens (including phenoxy) is 1. The average molecular weight is 614 g/mol. The lowest BCUT2D eigenvalue weighted by molar-refractivity contribution is 0.0613. The van der Waals surface area contributed by atoms with Crippen LogP contribution in [0.3, 0.4) is 0 Å². The number of halogens is 1. The van der Waals surface area contributed by atoms with Gasteiger partial charge in [-0.2, -0.15) is 4.98 Å². The minimum atomic E-state index is -0.311. The van der Waals surface area contributed by atoms with Crippen molar-refractivity contribution in [1.29, 1.82) is 0 Å². The Morgan fingerprint density at radius 3 is 2.70 bits per heavy atom. The van der Waals surface area contributed by atoms with Crippen molar-refractivity contribution in [1.82, 2.24) is 34.8 Å². The Morgan fingerprint density at radius 2 is 1.95 bits per heavy atom. The summed E-state index contributed by atoms with van der Waals surface area (Å²) in [6, 6.07) is 7.06. The molecule has 0 spiro atoms. The molecule has 1 atom stereocenters. The van der Waals surface area contributed by atoms with E-state index < -0.39 is 0 Å². The first-order chi connectivity index (χ1) is 21.5. The number of fused-ring (bicyclic) bond motifs is 1. The summed E-state index contributed by atoms with van der Waals surface area (Å²) in [6.45, 7) is 6.28. The summed E-state index contributed by atoms with van der Waals surface area (Å²) in [5.74, 6) is 0.750. The molecule has 13 heteroatoms. The van der Waals surface area contributed by atoms with Gasteiger partial charge in [0.15, 0.2) is 10.8 Å². The normalized spacial score (nSPS) is 17.7. The zero-order chi connectivity index (χ0) is 30.0. The fraction of sp³-hybridized carbons (Fsp3) is 0.355. The molecule has 7 rings (SSSR count). The Hall–Kier alpha value is -4.33. The van der Waals surface area contributed by atoms with E-state index in [1.807, 2.05) is 11.4 Å². The molecule has 2 fully saturated rings. The van der Waals surface area contributed by atoms with E-state index in [4.69, 9.17) is 9.72 Å². The van der Waals surface area contributed by atoms with Crippen LogP contribution in [-0.2, 0) is 11.3 Å². The van der Waals surface area contributed by atoms with Crippen LogP contribution in [0.15, 0.2) is 59.2 Å². The lowest BCUT2D eigenvalue weighted by Gasteiger charge is -2.36. The number of thiazole rings is 1.